The number of hydrogen-bond donors (Lipinski definition) is 0. The molecule has 105 valence electrons. The van der Waals surface area contributed by atoms with Crippen molar-refractivity contribution in [3.63, 3.8) is 0 Å². The van der Waals surface area contributed by atoms with Gasteiger partial charge in [0.25, 0.3) is 0 Å². The third-order valence-corrected chi connectivity index (χ3v) is 3.65. The first kappa shape index (κ1) is 12.8. The summed E-state index contributed by atoms with van der Waals surface area (Å²) in [6.07, 6.45) is 2.67. The van der Waals surface area contributed by atoms with Crippen molar-refractivity contribution < 1.29 is 0 Å². The highest BCUT2D eigenvalue weighted by Crippen LogP contribution is 2.20. The summed E-state index contributed by atoms with van der Waals surface area (Å²) in [5, 5.41) is 4.75. The number of nitrogens with zero attached hydrogens (tertiary/aromatic N) is 3. The van der Waals surface area contributed by atoms with Crippen LogP contribution < -0.4 is 0 Å². The fourth-order valence-corrected chi connectivity index (χ4v) is 2.56. The second-order valence-corrected chi connectivity index (χ2v) is 5.19. The molecular weight excluding hydrogens is 270 g/mol. The molecule has 0 bridgehead atoms. The fourth-order valence-electron chi connectivity index (χ4n) is 2.56. The van der Waals surface area contributed by atoms with Crippen LogP contribution in [0.1, 0.15) is 11.3 Å². The predicted molar refractivity (Wildman–Crippen MR) is 86.5 cm³/mol. The Labute approximate surface area is 128 Å². The lowest BCUT2D eigenvalue weighted by Gasteiger charge is -2.04. The third-order valence-electron chi connectivity index (χ3n) is 3.65. The molecule has 0 aliphatic carbocycles. The van der Waals surface area contributed by atoms with E-state index in [0.717, 1.165) is 29.0 Å². The zero-order chi connectivity index (χ0) is 14.8. The van der Waals surface area contributed by atoms with Crippen molar-refractivity contribution in [1.82, 2.24) is 14.6 Å². The Balaban J connectivity index is 1.77. The van der Waals surface area contributed by atoms with Crippen LogP contribution in [0.2, 0.25) is 0 Å². The maximum Gasteiger partial charge on any atom is 0.154 e. The van der Waals surface area contributed by atoms with Gasteiger partial charge in [0, 0.05) is 12.0 Å². The van der Waals surface area contributed by atoms with Gasteiger partial charge >= 0.3 is 0 Å². The topological polar surface area (TPSA) is 30.2 Å². The van der Waals surface area contributed by atoms with Crippen LogP contribution in [-0.2, 0) is 6.42 Å². The largest absolute Gasteiger partial charge is 0.235 e. The van der Waals surface area contributed by atoms with Crippen LogP contribution in [-0.4, -0.2) is 14.6 Å². The number of aromatic nitrogens is 3. The highest BCUT2D eigenvalue weighted by Gasteiger charge is 2.08. The average Bonchev–Trinajstić information content (AvgIpc) is 3.00. The molecule has 3 nitrogen and oxygen atoms in total. The number of hydrogen-bond acceptors (Lipinski definition) is 2. The van der Waals surface area contributed by atoms with Crippen LogP contribution in [0.4, 0.5) is 0 Å². The molecule has 0 saturated carbocycles. The zero-order valence-corrected chi connectivity index (χ0v) is 12.0. The van der Waals surface area contributed by atoms with Crippen LogP contribution in [0.25, 0.3) is 16.9 Å². The van der Waals surface area contributed by atoms with Gasteiger partial charge in [0.2, 0.25) is 0 Å². The second-order valence-electron chi connectivity index (χ2n) is 5.19. The molecule has 0 atom stereocenters. The van der Waals surface area contributed by atoms with Crippen molar-refractivity contribution >= 4 is 5.65 Å². The van der Waals surface area contributed by atoms with Gasteiger partial charge in [-0.25, -0.2) is 9.50 Å². The highest BCUT2D eigenvalue weighted by atomic mass is 15.3. The summed E-state index contributed by atoms with van der Waals surface area (Å²) >= 11 is 0. The summed E-state index contributed by atoms with van der Waals surface area (Å²) in [7, 11) is 0. The smallest absolute Gasteiger partial charge is 0.154 e. The van der Waals surface area contributed by atoms with E-state index in [0.29, 0.717) is 0 Å². The standard InChI is InChI=1S/C19H14N3/c1-3-7-15(8-4-1)13-17-11-12-19-20-14-18(22(19)21-17)16-9-5-2-6-10-16/h1-5,7-12,14H,13H2. The first-order valence-electron chi connectivity index (χ1n) is 7.24. The van der Waals surface area contributed by atoms with E-state index >= 15 is 0 Å². The van der Waals surface area contributed by atoms with E-state index in [9.17, 15) is 0 Å². The number of imidazole rings is 1. The maximum absolute atomic E-state index is 4.75. The summed E-state index contributed by atoms with van der Waals surface area (Å²) in [6.45, 7) is 0. The van der Waals surface area contributed by atoms with Gasteiger partial charge in [0.05, 0.1) is 17.6 Å². The second kappa shape index (κ2) is 5.45. The van der Waals surface area contributed by atoms with Crippen molar-refractivity contribution in [1.29, 1.82) is 0 Å². The zero-order valence-electron chi connectivity index (χ0n) is 12.0. The molecule has 4 rings (SSSR count). The molecule has 0 N–H and O–H groups in total. The summed E-state index contributed by atoms with van der Waals surface area (Å²) in [6, 6.07) is 25.4. The van der Waals surface area contributed by atoms with E-state index in [2.05, 4.69) is 35.3 Å². The monoisotopic (exact) mass is 284 g/mol. The molecule has 0 unspecified atom stereocenters. The summed E-state index contributed by atoms with van der Waals surface area (Å²) < 4.78 is 1.90. The molecular formula is C19H14N3. The lowest BCUT2D eigenvalue weighted by Crippen LogP contribution is -2.00. The van der Waals surface area contributed by atoms with Crippen LogP contribution in [0, 0.1) is 6.07 Å². The van der Waals surface area contributed by atoms with E-state index < -0.39 is 0 Å². The average molecular weight is 284 g/mol. The Morgan fingerprint density at radius 3 is 2.68 bits per heavy atom. The molecule has 2 heterocycles. The van der Waals surface area contributed by atoms with Crippen LogP contribution in [0.3, 0.4) is 0 Å². The van der Waals surface area contributed by atoms with E-state index in [4.69, 9.17) is 5.10 Å². The molecule has 1 radical (unpaired) electrons. The maximum atomic E-state index is 4.75. The lowest BCUT2D eigenvalue weighted by atomic mass is 10.1. The van der Waals surface area contributed by atoms with Gasteiger partial charge in [-0.05, 0) is 29.8 Å². The van der Waals surface area contributed by atoms with Crippen molar-refractivity contribution in [3.05, 3.63) is 90.3 Å². The van der Waals surface area contributed by atoms with E-state index in [1.807, 2.05) is 53.2 Å². The molecule has 0 aliphatic rings. The van der Waals surface area contributed by atoms with Crippen molar-refractivity contribution in [2.75, 3.05) is 0 Å². The molecule has 0 fully saturated rings. The van der Waals surface area contributed by atoms with Gasteiger partial charge in [-0.2, -0.15) is 5.10 Å². The molecule has 3 heteroatoms. The molecule has 0 aliphatic heterocycles. The minimum Gasteiger partial charge on any atom is -0.235 e. The van der Waals surface area contributed by atoms with Crippen molar-refractivity contribution in [2.24, 2.45) is 0 Å². The Morgan fingerprint density at radius 1 is 0.955 bits per heavy atom. The quantitative estimate of drug-likeness (QED) is 0.573. The van der Waals surface area contributed by atoms with Gasteiger partial charge in [-0.3, -0.25) is 0 Å². The molecule has 2 aromatic carbocycles. The number of benzene rings is 2. The normalized spacial score (nSPS) is 10.9. The Bertz CT molecular complexity index is 896. The SMILES string of the molecule is [c]1cccc(-c2cnc3ccc(Cc4ccccc4)nn23)c1. The van der Waals surface area contributed by atoms with Crippen molar-refractivity contribution in [3.8, 4) is 11.3 Å². The predicted octanol–water partition coefficient (Wildman–Crippen LogP) is 3.79. The number of rotatable bonds is 3. The van der Waals surface area contributed by atoms with Crippen LogP contribution in [0.15, 0.2) is 72.9 Å². The Morgan fingerprint density at radius 2 is 1.86 bits per heavy atom. The van der Waals surface area contributed by atoms with Gasteiger partial charge in [0.15, 0.2) is 5.65 Å². The third kappa shape index (κ3) is 2.37. The fraction of sp³-hybridized carbons (Fsp3) is 0.0526. The van der Waals surface area contributed by atoms with Gasteiger partial charge in [-0.15, -0.1) is 0 Å². The van der Waals surface area contributed by atoms with E-state index in [1.54, 1.807) is 0 Å². The molecule has 2 aromatic heterocycles. The van der Waals surface area contributed by atoms with Gasteiger partial charge < -0.3 is 0 Å². The summed E-state index contributed by atoms with van der Waals surface area (Å²) in [5.41, 5.74) is 5.19. The molecule has 0 spiro atoms. The number of fused-ring (bicyclic) bond motifs is 1. The minimum atomic E-state index is 0.815. The highest BCUT2D eigenvalue weighted by molar-refractivity contribution is 5.62. The van der Waals surface area contributed by atoms with Crippen LogP contribution >= 0.6 is 0 Å². The molecule has 0 amide bonds. The Hall–Kier alpha value is -2.94. The molecule has 0 saturated heterocycles. The minimum absolute atomic E-state index is 0.815. The first-order valence-corrected chi connectivity index (χ1v) is 7.24. The van der Waals surface area contributed by atoms with Gasteiger partial charge in [0.1, 0.15) is 0 Å². The summed E-state index contributed by atoms with van der Waals surface area (Å²) in [4.78, 5) is 4.43. The summed E-state index contributed by atoms with van der Waals surface area (Å²) in [5.74, 6) is 0. The van der Waals surface area contributed by atoms with E-state index in [1.165, 1.54) is 5.56 Å². The lowest BCUT2D eigenvalue weighted by molar-refractivity contribution is 0.879. The Kier molecular flexibility index (Phi) is 3.16. The van der Waals surface area contributed by atoms with Gasteiger partial charge in [-0.1, -0.05) is 48.5 Å². The van der Waals surface area contributed by atoms with Crippen molar-refractivity contribution in [2.45, 2.75) is 6.42 Å². The molecule has 22 heavy (non-hydrogen) atoms. The van der Waals surface area contributed by atoms with E-state index in [-0.39, 0.29) is 0 Å². The first-order chi connectivity index (χ1) is 10.9. The van der Waals surface area contributed by atoms with Crippen LogP contribution in [0.5, 0.6) is 0 Å². The molecule has 4 aromatic rings.